The summed E-state index contributed by atoms with van der Waals surface area (Å²) in [5.74, 6) is -1.77. The fraction of sp³-hybridized carbons (Fsp3) is 0.0500. The molecular formula is C20H12N2O3S. The number of fused-ring (bicyclic) bond motifs is 3. The molecule has 6 heteroatoms. The molecule has 126 valence electrons. The van der Waals surface area contributed by atoms with Gasteiger partial charge in [0.05, 0.1) is 17.6 Å². The monoisotopic (exact) mass is 360 g/mol. The largest absolute Gasteiger partial charge is 0.477 e. The van der Waals surface area contributed by atoms with Crippen LogP contribution in [0.5, 0.6) is 0 Å². The number of nitrogens with zero attached hydrogens (tertiary/aromatic N) is 1. The van der Waals surface area contributed by atoms with Crippen LogP contribution in [-0.4, -0.2) is 17.0 Å². The van der Waals surface area contributed by atoms with Crippen molar-refractivity contribution in [1.29, 1.82) is 0 Å². The molecule has 2 aliphatic carbocycles. The first-order chi connectivity index (χ1) is 12.6. The van der Waals surface area contributed by atoms with Gasteiger partial charge in [-0.1, -0.05) is 30.3 Å². The number of hydrogen-bond acceptors (Lipinski definition) is 4. The van der Waals surface area contributed by atoms with Crippen molar-refractivity contribution in [3.05, 3.63) is 73.7 Å². The van der Waals surface area contributed by atoms with Crippen LogP contribution in [-0.2, 0) is 16.1 Å². The predicted octanol–water partition coefficient (Wildman–Crippen LogP) is 2.07. The van der Waals surface area contributed by atoms with Crippen molar-refractivity contribution < 1.29 is 14.7 Å². The number of benzene rings is 1. The van der Waals surface area contributed by atoms with E-state index in [1.807, 2.05) is 47.8 Å². The first-order valence-electron chi connectivity index (χ1n) is 8.08. The first kappa shape index (κ1) is 15.0. The van der Waals surface area contributed by atoms with Crippen LogP contribution >= 0.6 is 11.3 Å². The number of rotatable bonds is 3. The molecule has 5 rings (SSSR count). The normalized spacial score (nSPS) is 14.4. The second-order valence-corrected chi connectivity index (χ2v) is 7.17. The highest BCUT2D eigenvalue weighted by molar-refractivity contribution is 7.09. The third kappa shape index (κ3) is 1.99. The van der Waals surface area contributed by atoms with Gasteiger partial charge in [0.25, 0.3) is 5.91 Å². The van der Waals surface area contributed by atoms with Crippen molar-refractivity contribution in [2.75, 3.05) is 5.32 Å². The standard InChI is InChI=1S/C20H12N2O3S/c23-19-17(20(24)25)16-12-6-7-14(21-9-10-3-2-8-26-10)11-4-1-5-13(15(11)12)18(16)22-19/h1-8H,9H2,(H,22,23)(H,24,25). The minimum atomic E-state index is -1.21. The highest BCUT2D eigenvalue weighted by Crippen LogP contribution is 2.26. The molecular weight excluding hydrogens is 348 g/mol. The zero-order valence-electron chi connectivity index (χ0n) is 13.4. The van der Waals surface area contributed by atoms with E-state index in [-0.39, 0.29) is 5.57 Å². The van der Waals surface area contributed by atoms with Crippen LogP contribution < -0.4 is 15.9 Å². The molecule has 0 saturated heterocycles. The number of aliphatic carboxylic acids is 1. The Hall–Kier alpha value is -3.25. The van der Waals surface area contributed by atoms with Gasteiger partial charge in [0, 0.05) is 26.1 Å². The van der Waals surface area contributed by atoms with Gasteiger partial charge in [0.1, 0.15) is 5.57 Å². The van der Waals surface area contributed by atoms with Crippen molar-refractivity contribution in [1.82, 2.24) is 0 Å². The summed E-state index contributed by atoms with van der Waals surface area (Å²) < 4.78 is 0. The van der Waals surface area contributed by atoms with E-state index in [4.69, 9.17) is 4.99 Å². The summed E-state index contributed by atoms with van der Waals surface area (Å²) >= 11 is 1.67. The van der Waals surface area contributed by atoms with Crippen LogP contribution in [0, 0.1) is 10.4 Å². The van der Waals surface area contributed by atoms with E-state index in [0.29, 0.717) is 17.5 Å². The van der Waals surface area contributed by atoms with Crippen LogP contribution in [0.25, 0.3) is 16.3 Å². The fourth-order valence-corrected chi connectivity index (χ4v) is 4.29. The lowest BCUT2D eigenvalue weighted by Crippen LogP contribution is -2.17. The van der Waals surface area contributed by atoms with Crippen LogP contribution in [0.4, 0.5) is 5.69 Å². The number of thiophene rings is 1. The molecule has 2 N–H and O–H groups in total. The third-order valence-corrected chi connectivity index (χ3v) is 5.58. The Labute approximate surface area is 150 Å². The van der Waals surface area contributed by atoms with E-state index < -0.39 is 11.9 Å². The molecule has 2 heterocycles. The molecule has 0 bridgehead atoms. The Morgan fingerprint density at radius 2 is 1.92 bits per heavy atom. The zero-order chi connectivity index (χ0) is 17.8. The van der Waals surface area contributed by atoms with E-state index in [1.54, 1.807) is 11.3 Å². The summed E-state index contributed by atoms with van der Waals surface area (Å²) in [7, 11) is 0. The molecule has 1 aromatic carbocycles. The Bertz CT molecular complexity index is 1370. The topological polar surface area (TPSA) is 78.8 Å². The van der Waals surface area contributed by atoms with Crippen molar-refractivity contribution >= 4 is 45.2 Å². The summed E-state index contributed by atoms with van der Waals surface area (Å²) in [5, 5.41) is 19.1. The second-order valence-electron chi connectivity index (χ2n) is 6.14. The summed E-state index contributed by atoms with van der Waals surface area (Å²) in [6, 6.07) is 13.6. The number of carboxylic acid groups (broad SMARTS) is 1. The average Bonchev–Trinajstić information content (AvgIpc) is 3.32. The number of carbonyl (C=O) groups is 2. The number of carbonyl (C=O) groups excluding carboxylic acids is 1. The SMILES string of the molecule is O=C(O)C1=c2c(c3cccc4c(=NCc5cccs5)ccc2=c34)NC1=O. The van der Waals surface area contributed by atoms with E-state index >= 15 is 0 Å². The van der Waals surface area contributed by atoms with Crippen LogP contribution in [0.3, 0.4) is 0 Å². The molecule has 0 fully saturated rings. The maximum Gasteiger partial charge on any atom is 0.342 e. The lowest BCUT2D eigenvalue weighted by atomic mass is 10.1. The maximum absolute atomic E-state index is 12.1. The molecule has 3 aliphatic rings. The number of anilines is 1. The van der Waals surface area contributed by atoms with Crippen molar-refractivity contribution in [2.45, 2.75) is 6.54 Å². The van der Waals surface area contributed by atoms with Gasteiger partial charge in [0.2, 0.25) is 0 Å². The molecule has 1 amide bonds. The quantitative estimate of drug-likeness (QED) is 0.587. The smallest absolute Gasteiger partial charge is 0.342 e. The molecule has 0 spiro atoms. The number of hydrogen-bond donors (Lipinski definition) is 2. The van der Waals surface area contributed by atoms with Gasteiger partial charge in [-0.15, -0.1) is 11.3 Å². The van der Waals surface area contributed by atoms with Crippen molar-refractivity contribution in [3.63, 3.8) is 0 Å². The number of nitrogens with one attached hydrogen (secondary N) is 1. The van der Waals surface area contributed by atoms with Crippen LogP contribution in [0.15, 0.2) is 52.8 Å². The van der Waals surface area contributed by atoms with E-state index in [0.717, 1.165) is 26.6 Å². The molecule has 0 atom stereocenters. The Kier molecular flexibility index (Phi) is 3.11. The highest BCUT2D eigenvalue weighted by atomic mass is 32.1. The number of carboxylic acids is 1. The molecule has 26 heavy (non-hydrogen) atoms. The third-order valence-electron chi connectivity index (χ3n) is 4.72. The Morgan fingerprint density at radius 3 is 2.69 bits per heavy atom. The van der Waals surface area contributed by atoms with Gasteiger partial charge in [-0.3, -0.25) is 9.79 Å². The van der Waals surface area contributed by atoms with E-state index in [2.05, 4.69) is 5.32 Å². The minimum Gasteiger partial charge on any atom is -0.477 e. The average molecular weight is 360 g/mol. The van der Waals surface area contributed by atoms with Gasteiger partial charge in [-0.2, -0.15) is 0 Å². The molecule has 1 aliphatic heterocycles. The van der Waals surface area contributed by atoms with E-state index in [9.17, 15) is 14.7 Å². The molecule has 0 saturated carbocycles. The Morgan fingerprint density at radius 1 is 1.08 bits per heavy atom. The zero-order valence-corrected chi connectivity index (χ0v) is 14.3. The molecule has 1 aromatic heterocycles. The van der Waals surface area contributed by atoms with Gasteiger partial charge in [-0.05, 0) is 22.7 Å². The molecule has 2 aromatic rings. The van der Waals surface area contributed by atoms with Crippen molar-refractivity contribution in [2.24, 2.45) is 4.99 Å². The second kappa shape index (κ2) is 5.37. The maximum atomic E-state index is 12.1. The molecule has 0 radical (unpaired) electrons. The van der Waals surface area contributed by atoms with Gasteiger partial charge in [0.15, 0.2) is 0 Å². The fourth-order valence-electron chi connectivity index (χ4n) is 3.66. The summed E-state index contributed by atoms with van der Waals surface area (Å²) in [5.41, 5.74) is 0.393. The molecule has 0 unspecified atom stereocenters. The first-order valence-corrected chi connectivity index (χ1v) is 8.95. The highest BCUT2D eigenvalue weighted by Gasteiger charge is 2.29. The van der Waals surface area contributed by atoms with Crippen LogP contribution in [0.1, 0.15) is 4.88 Å². The lowest BCUT2D eigenvalue weighted by Gasteiger charge is -2.01. The lowest BCUT2D eigenvalue weighted by molar-refractivity contribution is -0.131. The Balaban J connectivity index is 1.89. The van der Waals surface area contributed by atoms with E-state index in [1.165, 1.54) is 4.88 Å². The van der Waals surface area contributed by atoms with Crippen molar-refractivity contribution in [3.8, 4) is 0 Å². The summed E-state index contributed by atoms with van der Waals surface area (Å²) in [6.07, 6.45) is 0. The summed E-state index contributed by atoms with van der Waals surface area (Å²) in [4.78, 5) is 29.6. The van der Waals surface area contributed by atoms with Gasteiger partial charge >= 0.3 is 5.97 Å². The van der Waals surface area contributed by atoms with Crippen LogP contribution in [0.2, 0.25) is 0 Å². The predicted molar refractivity (Wildman–Crippen MR) is 98.9 cm³/mol. The number of amides is 1. The van der Waals surface area contributed by atoms with Gasteiger partial charge in [-0.25, -0.2) is 4.79 Å². The summed E-state index contributed by atoms with van der Waals surface area (Å²) in [6.45, 7) is 0.604. The minimum absolute atomic E-state index is 0.194. The molecule has 5 nitrogen and oxygen atoms in total. The van der Waals surface area contributed by atoms with Gasteiger partial charge < -0.3 is 10.4 Å².